The fourth-order valence-corrected chi connectivity index (χ4v) is 3.90. The maximum absolute atomic E-state index is 6.45. The lowest BCUT2D eigenvalue weighted by atomic mass is 10.2. The Bertz CT molecular complexity index is 1010. The quantitative estimate of drug-likeness (QED) is 0.394. The summed E-state index contributed by atoms with van der Waals surface area (Å²) < 4.78 is 6.78. The van der Waals surface area contributed by atoms with Crippen molar-refractivity contribution in [1.82, 2.24) is 10.2 Å². The van der Waals surface area contributed by atoms with E-state index < -0.39 is 0 Å². The van der Waals surface area contributed by atoms with Gasteiger partial charge in [0, 0.05) is 25.7 Å². The maximum Gasteiger partial charge on any atom is 0.259 e. The highest BCUT2D eigenvalue weighted by Gasteiger charge is 2.18. The summed E-state index contributed by atoms with van der Waals surface area (Å²) in [5.74, 6) is 0.806. The third kappa shape index (κ3) is 2.72. The monoisotopic (exact) mass is 380 g/mol. The second-order valence-corrected chi connectivity index (χ2v) is 7.11. The largest absolute Gasteiger partial charge is 0.415 e. The minimum Gasteiger partial charge on any atom is -0.415 e. The molecule has 0 spiro atoms. The van der Waals surface area contributed by atoms with Crippen LogP contribution in [-0.2, 0) is 0 Å². The van der Waals surface area contributed by atoms with Crippen molar-refractivity contribution in [3.05, 3.63) is 57.5 Å². The first-order valence-corrected chi connectivity index (χ1v) is 8.54. The van der Waals surface area contributed by atoms with E-state index in [9.17, 15) is 0 Å². The molecule has 2 aromatic carbocycles. The Kier molecular flexibility index (Phi) is 3.77. The van der Waals surface area contributed by atoms with E-state index in [1.807, 2.05) is 30.3 Å². The van der Waals surface area contributed by atoms with Gasteiger partial charge in [-0.1, -0.05) is 34.8 Å². The summed E-state index contributed by atoms with van der Waals surface area (Å²) in [5, 5.41) is 10.9. The van der Waals surface area contributed by atoms with Crippen LogP contribution in [0, 0.1) is 0 Å². The molecule has 0 aliphatic heterocycles. The third-order valence-electron chi connectivity index (χ3n) is 3.30. The molecule has 0 saturated carbocycles. The van der Waals surface area contributed by atoms with Gasteiger partial charge in [0.15, 0.2) is 0 Å². The average molecular weight is 382 g/mol. The van der Waals surface area contributed by atoms with E-state index in [2.05, 4.69) is 10.2 Å². The molecule has 2 heterocycles. The summed E-state index contributed by atoms with van der Waals surface area (Å²) in [7, 11) is 0. The third-order valence-corrected chi connectivity index (χ3v) is 5.45. The van der Waals surface area contributed by atoms with Gasteiger partial charge in [-0.25, -0.2) is 0 Å². The van der Waals surface area contributed by atoms with Crippen LogP contribution in [0.5, 0.6) is 0 Å². The van der Waals surface area contributed by atoms with E-state index in [4.69, 9.17) is 39.2 Å². The van der Waals surface area contributed by atoms with Gasteiger partial charge in [-0.15, -0.1) is 21.5 Å². The zero-order valence-corrected chi connectivity index (χ0v) is 14.5. The van der Waals surface area contributed by atoms with Crippen molar-refractivity contribution < 1.29 is 4.42 Å². The molecule has 4 aromatic rings. The molecule has 3 nitrogen and oxygen atoms in total. The first-order valence-electron chi connectivity index (χ1n) is 6.59. The van der Waals surface area contributed by atoms with E-state index in [1.54, 1.807) is 12.1 Å². The Morgan fingerprint density at radius 3 is 2.30 bits per heavy atom. The van der Waals surface area contributed by atoms with E-state index >= 15 is 0 Å². The summed E-state index contributed by atoms with van der Waals surface area (Å²) in [4.78, 5) is 0.733. The number of halogens is 3. The van der Waals surface area contributed by atoms with Crippen molar-refractivity contribution in [3.8, 4) is 22.2 Å². The number of fused-ring (bicyclic) bond motifs is 1. The fraction of sp³-hybridized carbons (Fsp3) is 0. The van der Waals surface area contributed by atoms with E-state index in [0.717, 1.165) is 20.5 Å². The first-order chi connectivity index (χ1) is 11.1. The highest BCUT2D eigenvalue weighted by Crippen LogP contribution is 2.42. The van der Waals surface area contributed by atoms with Crippen LogP contribution in [0.25, 0.3) is 32.3 Å². The van der Waals surface area contributed by atoms with Crippen molar-refractivity contribution in [2.45, 2.75) is 0 Å². The van der Waals surface area contributed by atoms with Gasteiger partial charge < -0.3 is 4.42 Å². The Hall–Kier alpha value is -1.59. The van der Waals surface area contributed by atoms with Gasteiger partial charge in [0.2, 0.25) is 5.89 Å². The standard InChI is InChI=1S/C16H7Cl3N2OS/c17-9-3-1-8(2-4-9)15-20-21-16(22-15)14-13(19)11-7-10(18)5-6-12(11)23-14/h1-7H. The van der Waals surface area contributed by atoms with Gasteiger partial charge >= 0.3 is 0 Å². The molecule has 7 heteroatoms. The Morgan fingerprint density at radius 2 is 1.52 bits per heavy atom. The van der Waals surface area contributed by atoms with E-state index in [-0.39, 0.29) is 0 Å². The van der Waals surface area contributed by atoms with Crippen LogP contribution < -0.4 is 0 Å². The molecule has 0 aliphatic carbocycles. The molecule has 0 amide bonds. The van der Waals surface area contributed by atoms with Crippen LogP contribution in [0.4, 0.5) is 0 Å². The van der Waals surface area contributed by atoms with Gasteiger partial charge in [-0.2, -0.15) is 0 Å². The first kappa shape index (κ1) is 15.0. The zero-order valence-electron chi connectivity index (χ0n) is 11.4. The number of nitrogens with zero attached hydrogens (tertiary/aromatic N) is 2. The molecule has 0 fully saturated rings. The van der Waals surface area contributed by atoms with Gasteiger partial charge in [0.05, 0.1) is 5.02 Å². The van der Waals surface area contributed by atoms with Crippen molar-refractivity contribution in [3.63, 3.8) is 0 Å². The Balaban J connectivity index is 1.80. The second-order valence-electron chi connectivity index (χ2n) is 4.80. The summed E-state index contributed by atoms with van der Waals surface area (Å²) in [6, 6.07) is 12.8. The lowest BCUT2D eigenvalue weighted by Crippen LogP contribution is -1.76. The number of hydrogen-bond donors (Lipinski definition) is 0. The zero-order chi connectivity index (χ0) is 16.0. The minimum atomic E-state index is 0.386. The molecule has 0 atom stereocenters. The lowest BCUT2D eigenvalue weighted by molar-refractivity contribution is 0.586. The second kappa shape index (κ2) is 5.80. The molecule has 0 saturated heterocycles. The van der Waals surface area contributed by atoms with Crippen LogP contribution in [0.1, 0.15) is 0 Å². The smallest absolute Gasteiger partial charge is 0.259 e. The SMILES string of the molecule is Clc1ccc(-c2nnc(-c3sc4ccc(Cl)cc4c3Cl)o2)cc1. The molecule has 0 radical (unpaired) electrons. The predicted octanol–water partition coefficient (Wildman–Crippen LogP) is 6.58. The number of benzene rings is 2. The number of rotatable bonds is 2. The molecular formula is C16H7Cl3N2OS. The van der Waals surface area contributed by atoms with Crippen LogP contribution >= 0.6 is 46.1 Å². The highest BCUT2D eigenvalue weighted by atomic mass is 35.5. The van der Waals surface area contributed by atoms with Crippen LogP contribution in [0.15, 0.2) is 46.9 Å². The molecular weight excluding hydrogens is 375 g/mol. The fourth-order valence-electron chi connectivity index (χ4n) is 2.20. The molecule has 23 heavy (non-hydrogen) atoms. The highest BCUT2D eigenvalue weighted by molar-refractivity contribution is 7.23. The van der Waals surface area contributed by atoms with Crippen molar-refractivity contribution in [2.75, 3.05) is 0 Å². The minimum absolute atomic E-state index is 0.386. The molecule has 4 rings (SSSR count). The summed E-state index contributed by atoms with van der Waals surface area (Å²) in [6.45, 7) is 0. The van der Waals surface area contributed by atoms with Crippen LogP contribution in [-0.4, -0.2) is 10.2 Å². The van der Waals surface area contributed by atoms with Gasteiger partial charge in [0.1, 0.15) is 4.88 Å². The molecule has 0 bridgehead atoms. The molecule has 114 valence electrons. The van der Waals surface area contributed by atoms with E-state index in [1.165, 1.54) is 11.3 Å². The summed E-state index contributed by atoms with van der Waals surface area (Å²) >= 11 is 19.8. The Labute approximate surface area is 150 Å². The molecule has 0 N–H and O–H groups in total. The Morgan fingerprint density at radius 1 is 0.826 bits per heavy atom. The summed E-state index contributed by atoms with van der Waals surface area (Å²) in [5.41, 5.74) is 0.799. The van der Waals surface area contributed by atoms with Crippen LogP contribution in [0.2, 0.25) is 15.1 Å². The average Bonchev–Trinajstić information content (AvgIpc) is 3.14. The summed E-state index contributed by atoms with van der Waals surface area (Å²) in [6.07, 6.45) is 0. The lowest BCUT2D eigenvalue weighted by Gasteiger charge is -1.94. The van der Waals surface area contributed by atoms with Crippen molar-refractivity contribution in [2.24, 2.45) is 0 Å². The normalized spacial score (nSPS) is 11.3. The predicted molar refractivity (Wildman–Crippen MR) is 95.6 cm³/mol. The van der Waals surface area contributed by atoms with Gasteiger partial charge in [-0.3, -0.25) is 0 Å². The van der Waals surface area contributed by atoms with E-state index in [0.29, 0.717) is 26.8 Å². The topological polar surface area (TPSA) is 38.9 Å². The van der Waals surface area contributed by atoms with Gasteiger partial charge in [0.25, 0.3) is 5.89 Å². The number of hydrogen-bond acceptors (Lipinski definition) is 4. The van der Waals surface area contributed by atoms with Gasteiger partial charge in [-0.05, 0) is 42.5 Å². The number of aromatic nitrogens is 2. The maximum atomic E-state index is 6.45. The molecule has 0 aliphatic rings. The van der Waals surface area contributed by atoms with Crippen LogP contribution in [0.3, 0.4) is 0 Å². The molecule has 0 unspecified atom stereocenters. The van der Waals surface area contributed by atoms with Crippen molar-refractivity contribution in [1.29, 1.82) is 0 Å². The van der Waals surface area contributed by atoms with Crippen molar-refractivity contribution >= 4 is 56.2 Å². The number of thiophene rings is 1. The molecule has 2 aromatic heterocycles.